The lowest BCUT2D eigenvalue weighted by Gasteiger charge is -2.12. The Kier molecular flexibility index (Phi) is 4.15. The zero-order chi connectivity index (χ0) is 17.4. The Hall–Kier alpha value is -2.44. The average Bonchev–Trinajstić information content (AvgIpc) is 3.23. The third-order valence-corrected chi connectivity index (χ3v) is 5.72. The highest BCUT2D eigenvalue weighted by Crippen LogP contribution is 2.34. The van der Waals surface area contributed by atoms with Crippen LogP contribution in [0.5, 0.6) is 0 Å². The van der Waals surface area contributed by atoms with E-state index < -0.39 is 0 Å². The van der Waals surface area contributed by atoms with Gasteiger partial charge in [-0.15, -0.1) is 11.3 Å². The van der Waals surface area contributed by atoms with Gasteiger partial charge in [0, 0.05) is 6.54 Å². The molecule has 0 aliphatic carbocycles. The van der Waals surface area contributed by atoms with Gasteiger partial charge < -0.3 is 10.6 Å². The van der Waals surface area contributed by atoms with Crippen LogP contribution in [0.4, 0.5) is 5.69 Å². The van der Waals surface area contributed by atoms with Crippen molar-refractivity contribution in [2.45, 2.75) is 6.54 Å². The van der Waals surface area contributed by atoms with Gasteiger partial charge in [-0.3, -0.25) is 9.59 Å². The van der Waals surface area contributed by atoms with Crippen LogP contribution in [0.25, 0.3) is 11.1 Å². The smallest absolute Gasteiger partial charge is 0.265 e. The molecule has 0 saturated carbocycles. The van der Waals surface area contributed by atoms with Crippen LogP contribution in [0.3, 0.4) is 0 Å². The highest BCUT2D eigenvalue weighted by atomic mass is 79.9. The molecule has 4 nitrogen and oxygen atoms in total. The SMILES string of the molecule is O=C(Nc1ccc(-c2ccccc2)c2c1C(=O)NC2)c1ccc(Br)s1. The van der Waals surface area contributed by atoms with Crippen molar-refractivity contribution >= 4 is 44.8 Å². The summed E-state index contributed by atoms with van der Waals surface area (Å²) in [6.07, 6.45) is 0. The molecule has 2 heterocycles. The number of thiophene rings is 1. The third kappa shape index (κ3) is 2.99. The van der Waals surface area contributed by atoms with Crippen LogP contribution in [0.2, 0.25) is 0 Å². The summed E-state index contributed by atoms with van der Waals surface area (Å²) in [5, 5.41) is 5.73. The lowest BCUT2D eigenvalue weighted by Crippen LogP contribution is -2.16. The summed E-state index contributed by atoms with van der Waals surface area (Å²) in [5.74, 6) is -0.375. The van der Waals surface area contributed by atoms with Crippen LogP contribution in [0, 0.1) is 0 Å². The van der Waals surface area contributed by atoms with Crippen molar-refractivity contribution in [2.24, 2.45) is 0 Å². The maximum Gasteiger partial charge on any atom is 0.265 e. The maximum absolute atomic E-state index is 12.4. The number of carbonyl (C=O) groups excluding carboxylic acids is 2. The summed E-state index contributed by atoms with van der Waals surface area (Å²) in [6, 6.07) is 17.3. The molecule has 2 amide bonds. The van der Waals surface area contributed by atoms with Gasteiger partial charge in [0.2, 0.25) is 0 Å². The number of nitrogens with one attached hydrogen (secondary N) is 2. The van der Waals surface area contributed by atoms with E-state index in [1.54, 1.807) is 12.1 Å². The van der Waals surface area contributed by atoms with Crippen LogP contribution in [-0.2, 0) is 6.54 Å². The normalized spacial score (nSPS) is 12.6. The zero-order valence-electron chi connectivity index (χ0n) is 13.0. The molecule has 0 atom stereocenters. The summed E-state index contributed by atoms with van der Waals surface area (Å²) in [5.41, 5.74) is 4.06. The van der Waals surface area contributed by atoms with E-state index in [2.05, 4.69) is 26.6 Å². The molecule has 0 unspecified atom stereocenters. The minimum Gasteiger partial charge on any atom is -0.348 e. The van der Waals surface area contributed by atoms with E-state index in [1.165, 1.54) is 11.3 Å². The van der Waals surface area contributed by atoms with Gasteiger partial charge in [-0.2, -0.15) is 0 Å². The number of hydrogen-bond acceptors (Lipinski definition) is 3. The van der Waals surface area contributed by atoms with E-state index in [9.17, 15) is 9.59 Å². The first kappa shape index (κ1) is 16.1. The average molecular weight is 413 g/mol. The molecule has 1 aromatic heterocycles. The van der Waals surface area contributed by atoms with Crippen LogP contribution in [0.15, 0.2) is 58.4 Å². The van der Waals surface area contributed by atoms with Crippen molar-refractivity contribution in [2.75, 3.05) is 5.32 Å². The molecule has 0 fully saturated rings. The topological polar surface area (TPSA) is 58.2 Å². The van der Waals surface area contributed by atoms with Crippen LogP contribution in [-0.4, -0.2) is 11.8 Å². The second kappa shape index (κ2) is 6.46. The molecule has 1 aliphatic heterocycles. The lowest BCUT2D eigenvalue weighted by atomic mass is 9.95. The summed E-state index contributed by atoms with van der Waals surface area (Å²) in [6.45, 7) is 0.465. The van der Waals surface area contributed by atoms with Gasteiger partial charge in [0.1, 0.15) is 0 Å². The fraction of sp³-hybridized carbons (Fsp3) is 0.0526. The molecule has 1 aliphatic rings. The number of benzene rings is 2. The summed E-state index contributed by atoms with van der Waals surface area (Å²) >= 11 is 4.71. The number of hydrogen-bond donors (Lipinski definition) is 2. The number of amides is 2. The van der Waals surface area contributed by atoms with Gasteiger partial charge in [-0.05, 0) is 50.8 Å². The lowest BCUT2D eigenvalue weighted by molar-refractivity contribution is 0.0966. The van der Waals surface area contributed by atoms with Crippen LogP contribution < -0.4 is 10.6 Å². The summed E-state index contributed by atoms with van der Waals surface area (Å²) in [7, 11) is 0. The van der Waals surface area contributed by atoms with Gasteiger partial charge in [0.15, 0.2) is 0 Å². The number of rotatable bonds is 3. The van der Waals surface area contributed by atoms with Crippen LogP contribution in [0.1, 0.15) is 25.6 Å². The number of carbonyl (C=O) groups is 2. The second-order valence-electron chi connectivity index (χ2n) is 5.62. The Labute approximate surface area is 157 Å². The maximum atomic E-state index is 12.4. The van der Waals surface area contributed by atoms with Gasteiger partial charge in [-0.1, -0.05) is 36.4 Å². The van der Waals surface area contributed by atoms with E-state index in [0.717, 1.165) is 20.5 Å². The van der Waals surface area contributed by atoms with E-state index in [-0.39, 0.29) is 11.8 Å². The fourth-order valence-corrected chi connectivity index (χ4v) is 4.24. The molecule has 2 aromatic carbocycles. The standard InChI is InChI=1S/C19H13BrN2O2S/c20-16-9-8-15(25-16)18(23)22-14-7-6-12(11-4-2-1-3-5-11)13-10-21-19(24)17(13)14/h1-9H,10H2,(H,21,24)(H,22,23). The molecular formula is C19H13BrN2O2S. The van der Waals surface area contributed by atoms with E-state index in [4.69, 9.17) is 0 Å². The van der Waals surface area contributed by atoms with Gasteiger partial charge in [-0.25, -0.2) is 0 Å². The predicted octanol–water partition coefficient (Wildman–Crippen LogP) is 4.67. The van der Waals surface area contributed by atoms with E-state index >= 15 is 0 Å². The molecule has 4 rings (SSSR count). The van der Waals surface area contributed by atoms with E-state index in [1.807, 2.05) is 42.5 Å². The Bertz CT molecular complexity index is 982. The fourth-order valence-electron chi connectivity index (χ4n) is 2.96. The number of anilines is 1. The van der Waals surface area contributed by atoms with Crippen molar-refractivity contribution in [3.63, 3.8) is 0 Å². The summed E-state index contributed by atoms with van der Waals surface area (Å²) < 4.78 is 0.889. The van der Waals surface area contributed by atoms with Crippen molar-refractivity contribution in [1.29, 1.82) is 0 Å². The molecule has 0 bridgehead atoms. The number of fused-ring (bicyclic) bond motifs is 1. The second-order valence-corrected chi connectivity index (χ2v) is 8.08. The predicted molar refractivity (Wildman–Crippen MR) is 103 cm³/mol. The molecule has 0 saturated heterocycles. The van der Waals surface area contributed by atoms with Gasteiger partial charge in [0.25, 0.3) is 11.8 Å². The third-order valence-electron chi connectivity index (χ3n) is 4.10. The summed E-state index contributed by atoms with van der Waals surface area (Å²) in [4.78, 5) is 25.3. The molecule has 0 spiro atoms. The van der Waals surface area contributed by atoms with Gasteiger partial charge >= 0.3 is 0 Å². The Morgan fingerprint density at radius 3 is 2.60 bits per heavy atom. The molecule has 0 radical (unpaired) electrons. The van der Waals surface area contributed by atoms with Crippen molar-refractivity contribution in [3.05, 3.63) is 74.4 Å². The zero-order valence-corrected chi connectivity index (χ0v) is 15.4. The molecule has 6 heteroatoms. The Morgan fingerprint density at radius 1 is 1.08 bits per heavy atom. The molecule has 124 valence electrons. The highest BCUT2D eigenvalue weighted by Gasteiger charge is 2.27. The first-order chi connectivity index (χ1) is 12.1. The van der Waals surface area contributed by atoms with Crippen molar-refractivity contribution < 1.29 is 9.59 Å². The first-order valence-electron chi connectivity index (χ1n) is 7.69. The Morgan fingerprint density at radius 2 is 1.88 bits per heavy atom. The van der Waals surface area contributed by atoms with Gasteiger partial charge in [0.05, 0.1) is 19.9 Å². The largest absolute Gasteiger partial charge is 0.348 e. The minimum absolute atomic E-state index is 0.157. The Balaban J connectivity index is 1.74. The molecule has 2 N–H and O–H groups in total. The monoisotopic (exact) mass is 412 g/mol. The van der Waals surface area contributed by atoms with Crippen LogP contribution >= 0.6 is 27.3 Å². The highest BCUT2D eigenvalue weighted by molar-refractivity contribution is 9.11. The number of halogens is 1. The molecule has 3 aromatic rings. The van der Waals surface area contributed by atoms with Crippen molar-refractivity contribution in [1.82, 2.24) is 5.32 Å². The minimum atomic E-state index is -0.218. The van der Waals surface area contributed by atoms with E-state index in [0.29, 0.717) is 22.7 Å². The molecule has 25 heavy (non-hydrogen) atoms. The first-order valence-corrected chi connectivity index (χ1v) is 9.30. The molecular weight excluding hydrogens is 400 g/mol. The quantitative estimate of drug-likeness (QED) is 0.656. The van der Waals surface area contributed by atoms with Crippen molar-refractivity contribution in [3.8, 4) is 11.1 Å².